The van der Waals surface area contributed by atoms with Gasteiger partial charge < -0.3 is 20.1 Å². The van der Waals surface area contributed by atoms with Crippen molar-refractivity contribution in [1.82, 2.24) is 14.9 Å². The number of hydrogen-bond acceptors (Lipinski definition) is 9. The molecule has 2 aliphatic rings. The highest BCUT2D eigenvalue weighted by molar-refractivity contribution is 5.91. The Balaban J connectivity index is 1.45. The number of Topliss-reactive ketones (excluding diaryl/α,β-unsaturated/α-hetero) is 1. The zero-order valence-electron chi connectivity index (χ0n) is 20.7. The molecule has 1 aromatic heterocycles. The van der Waals surface area contributed by atoms with Gasteiger partial charge >= 0.3 is 12.0 Å². The van der Waals surface area contributed by atoms with Crippen molar-refractivity contribution in [2.24, 2.45) is 5.92 Å². The lowest BCUT2D eigenvalue weighted by molar-refractivity contribution is -0.147. The Morgan fingerprint density at radius 3 is 2.63 bits per heavy atom. The molecule has 35 heavy (non-hydrogen) atoms. The van der Waals surface area contributed by atoms with E-state index in [-0.39, 0.29) is 36.6 Å². The number of nitrogen functional groups attached to an aromatic ring is 1. The van der Waals surface area contributed by atoms with Gasteiger partial charge in [0.1, 0.15) is 11.6 Å². The summed E-state index contributed by atoms with van der Waals surface area (Å²) in [7, 11) is 1.45. The van der Waals surface area contributed by atoms with Crippen molar-refractivity contribution in [3.63, 3.8) is 0 Å². The lowest BCUT2D eigenvalue weighted by Crippen LogP contribution is -2.37. The van der Waals surface area contributed by atoms with Crippen molar-refractivity contribution in [2.75, 3.05) is 44.0 Å². The Kier molecular flexibility index (Phi) is 8.17. The van der Waals surface area contributed by atoms with Crippen molar-refractivity contribution in [2.45, 2.75) is 52.1 Å². The molecule has 0 saturated carbocycles. The molecule has 0 atom stereocenters. The Morgan fingerprint density at radius 1 is 1.17 bits per heavy atom. The second-order valence-corrected chi connectivity index (χ2v) is 9.36. The van der Waals surface area contributed by atoms with E-state index in [1.807, 2.05) is 11.0 Å². The Bertz CT molecular complexity index is 1050. The van der Waals surface area contributed by atoms with Crippen molar-refractivity contribution >= 4 is 23.4 Å². The highest BCUT2D eigenvalue weighted by Gasteiger charge is 2.28. The largest absolute Gasteiger partial charge is 0.469 e. The molecule has 4 rings (SSSR count). The molecule has 0 radical (unpaired) electrons. The van der Waals surface area contributed by atoms with Crippen LogP contribution < -0.4 is 15.4 Å². The van der Waals surface area contributed by atoms with Crippen LogP contribution in [0, 0.1) is 5.92 Å². The Morgan fingerprint density at radius 2 is 1.91 bits per heavy atom. The number of nitrogens with two attached hydrogens (primary N) is 1. The number of nitrogens with zero attached hydrogens (tertiary/aromatic N) is 4. The van der Waals surface area contributed by atoms with Crippen LogP contribution in [-0.2, 0) is 33.8 Å². The molecular weight excluding hydrogens is 446 g/mol. The molecule has 2 aromatic rings. The third-order valence-electron chi connectivity index (χ3n) is 6.66. The van der Waals surface area contributed by atoms with E-state index in [0.29, 0.717) is 30.4 Å². The topological polar surface area (TPSA) is 111 Å². The Labute approximate surface area is 206 Å². The summed E-state index contributed by atoms with van der Waals surface area (Å²) in [5.41, 5.74) is 9.16. The van der Waals surface area contributed by atoms with Gasteiger partial charge in [0, 0.05) is 25.1 Å². The summed E-state index contributed by atoms with van der Waals surface area (Å²) >= 11 is 0. The monoisotopic (exact) mass is 481 g/mol. The standard InChI is InChI=1S/C26H35N5O4/c1-3-4-12-35-26-28-23(27)22-14-21(32)17-31(24(22)29-26)16-19-7-5-6-18(13-19)15-30-10-8-20(9-11-30)25(33)34-2/h5-7,13,20H,3-4,8-12,14-17H2,1-2H3,(H2,27,28,29). The summed E-state index contributed by atoms with van der Waals surface area (Å²) in [6, 6.07) is 8.67. The van der Waals surface area contributed by atoms with E-state index in [9.17, 15) is 9.59 Å². The van der Waals surface area contributed by atoms with Crippen molar-refractivity contribution < 1.29 is 19.1 Å². The van der Waals surface area contributed by atoms with Gasteiger partial charge in [-0.05, 0) is 43.5 Å². The zero-order chi connectivity index (χ0) is 24.8. The first-order valence-corrected chi connectivity index (χ1v) is 12.4. The minimum Gasteiger partial charge on any atom is -0.469 e. The van der Waals surface area contributed by atoms with Gasteiger partial charge in [0.25, 0.3) is 0 Å². The molecule has 0 spiro atoms. The summed E-state index contributed by atoms with van der Waals surface area (Å²) in [5.74, 6) is 0.982. The van der Waals surface area contributed by atoms with Gasteiger partial charge in [0.05, 0.1) is 26.2 Å². The second-order valence-electron chi connectivity index (χ2n) is 9.36. The molecule has 3 heterocycles. The van der Waals surface area contributed by atoms with Crippen LogP contribution in [0.4, 0.5) is 11.6 Å². The number of unbranched alkanes of at least 4 members (excludes halogenated alkanes) is 1. The number of ether oxygens (including phenoxy) is 2. The van der Waals surface area contributed by atoms with Gasteiger partial charge in [-0.1, -0.05) is 37.6 Å². The fraction of sp³-hybridized carbons (Fsp3) is 0.538. The van der Waals surface area contributed by atoms with Gasteiger partial charge in [-0.25, -0.2) is 0 Å². The molecule has 1 aromatic carbocycles. The number of hydrogen-bond donors (Lipinski definition) is 1. The number of aromatic nitrogens is 2. The predicted octanol–water partition coefficient (Wildman–Crippen LogP) is 2.75. The lowest BCUT2D eigenvalue weighted by atomic mass is 9.96. The maximum atomic E-state index is 12.5. The number of piperidine rings is 1. The predicted molar refractivity (Wildman–Crippen MR) is 133 cm³/mol. The van der Waals surface area contributed by atoms with Crippen LogP contribution in [0.5, 0.6) is 6.01 Å². The van der Waals surface area contributed by atoms with E-state index >= 15 is 0 Å². The molecule has 1 fully saturated rings. The van der Waals surface area contributed by atoms with Gasteiger partial charge in [-0.15, -0.1) is 0 Å². The third-order valence-corrected chi connectivity index (χ3v) is 6.66. The third kappa shape index (κ3) is 6.28. The van der Waals surface area contributed by atoms with Crippen LogP contribution in [0.15, 0.2) is 24.3 Å². The summed E-state index contributed by atoms with van der Waals surface area (Å²) in [5, 5.41) is 0. The molecule has 188 valence electrons. The maximum absolute atomic E-state index is 12.5. The average molecular weight is 482 g/mol. The van der Waals surface area contributed by atoms with Crippen LogP contribution in [0.2, 0.25) is 0 Å². The lowest BCUT2D eigenvalue weighted by Gasteiger charge is -2.31. The van der Waals surface area contributed by atoms with E-state index in [1.165, 1.54) is 12.7 Å². The molecule has 9 heteroatoms. The normalized spacial score (nSPS) is 16.7. The Hall–Kier alpha value is -3.20. The fourth-order valence-electron chi connectivity index (χ4n) is 4.74. The molecule has 0 aliphatic carbocycles. The van der Waals surface area contributed by atoms with Crippen LogP contribution >= 0.6 is 0 Å². The van der Waals surface area contributed by atoms with Gasteiger partial charge in [-0.3, -0.25) is 14.5 Å². The maximum Gasteiger partial charge on any atom is 0.320 e. The van der Waals surface area contributed by atoms with Crippen LogP contribution in [0.3, 0.4) is 0 Å². The minimum absolute atomic E-state index is 0.00422. The molecule has 0 amide bonds. The quantitative estimate of drug-likeness (QED) is 0.427. The van der Waals surface area contributed by atoms with E-state index in [2.05, 4.69) is 40.0 Å². The van der Waals surface area contributed by atoms with E-state index < -0.39 is 0 Å². The number of carbonyl (C=O) groups is 2. The van der Waals surface area contributed by atoms with Crippen LogP contribution in [0.25, 0.3) is 0 Å². The number of esters is 1. The number of ketones is 1. The number of methoxy groups -OCH3 is 1. The zero-order valence-corrected chi connectivity index (χ0v) is 20.7. The van der Waals surface area contributed by atoms with E-state index in [1.54, 1.807) is 0 Å². The van der Waals surface area contributed by atoms with E-state index in [4.69, 9.17) is 15.2 Å². The molecular formula is C26H35N5O4. The highest BCUT2D eigenvalue weighted by atomic mass is 16.5. The number of benzene rings is 1. The van der Waals surface area contributed by atoms with Gasteiger partial charge in [0.2, 0.25) is 0 Å². The number of anilines is 2. The van der Waals surface area contributed by atoms with E-state index in [0.717, 1.165) is 50.9 Å². The number of rotatable bonds is 9. The minimum atomic E-state index is -0.105. The summed E-state index contributed by atoms with van der Waals surface area (Å²) in [6.07, 6.45) is 3.82. The first kappa shape index (κ1) is 24.9. The molecule has 2 aliphatic heterocycles. The first-order valence-electron chi connectivity index (χ1n) is 12.4. The number of fused-ring (bicyclic) bond motifs is 1. The highest BCUT2D eigenvalue weighted by Crippen LogP contribution is 2.31. The SMILES string of the molecule is CCCCOc1nc(N)c2c(n1)N(Cc1cccc(CN3CCC(C(=O)OC)CC3)c1)CC(=O)C2. The summed E-state index contributed by atoms with van der Waals surface area (Å²) in [4.78, 5) is 37.5. The first-order chi connectivity index (χ1) is 17.0. The van der Waals surface area contributed by atoms with Crippen LogP contribution in [0.1, 0.15) is 49.3 Å². The second kappa shape index (κ2) is 11.5. The molecule has 0 unspecified atom stereocenters. The van der Waals surface area contributed by atoms with Gasteiger partial charge in [-0.2, -0.15) is 9.97 Å². The average Bonchev–Trinajstić information content (AvgIpc) is 2.85. The molecule has 1 saturated heterocycles. The fourth-order valence-corrected chi connectivity index (χ4v) is 4.74. The smallest absolute Gasteiger partial charge is 0.320 e. The number of carbonyl (C=O) groups excluding carboxylic acids is 2. The summed E-state index contributed by atoms with van der Waals surface area (Å²) in [6.45, 7) is 6.01. The van der Waals surface area contributed by atoms with Crippen molar-refractivity contribution in [1.29, 1.82) is 0 Å². The summed E-state index contributed by atoms with van der Waals surface area (Å²) < 4.78 is 10.6. The molecule has 9 nitrogen and oxygen atoms in total. The number of likely N-dealkylation sites (tertiary alicyclic amines) is 1. The van der Waals surface area contributed by atoms with Crippen LogP contribution in [-0.4, -0.2) is 60.0 Å². The molecule has 0 bridgehead atoms. The van der Waals surface area contributed by atoms with Gasteiger partial charge in [0.15, 0.2) is 5.78 Å². The van der Waals surface area contributed by atoms with Crippen molar-refractivity contribution in [3.05, 3.63) is 41.0 Å². The van der Waals surface area contributed by atoms with Crippen molar-refractivity contribution in [3.8, 4) is 6.01 Å². The molecule has 2 N–H and O–H groups in total.